The summed E-state index contributed by atoms with van der Waals surface area (Å²) in [6, 6.07) is 2.04. The van der Waals surface area contributed by atoms with Gasteiger partial charge in [0.05, 0.1) is 6.54 Å². The molecule has 0 atom stereocenters. The molecule has 100 valence electrons. The smallest absolute Gasteiger partial charge is 0.236 e. The van der Waals surface area contributed by atoms with Crippen LogP contribution in [0.4, 0.5) is 20.2 Å². The molecule has 0 saturated heterocycles. The first-order valence-corrected chi connectivity index (χ1v) is 5.59. The van der Waals surface area contributed by atoms with E-state index in [1.807, 2.05) is 13.8 Å². The van der Waals surface area contributed by atoms with Crippen LogP contribution in [0.3, 0.4) is 0 Å². The molecular formula is C12H17F2N3O. The van der Waals surface area contributed by atoms with Crippen molar-refractivity contribution in [1.82, 2.24) is 0 Å². The lowest BCUT2D eigenvalue weighted by molar-refractivity contribution is -0.116. The van der Waals surface area contributed by atoms with Crippen LogP contribution in [0.1, 0.15) is 13.8 Å². The molecule has 1 amide bonds. The van der Waals surface area contributed by atoms with Crippen LogP contribution in [0.2, 0.25) is 0 Å². The summed E-state index contributed by atoms with van der Waals surface area (Å²) in [7, 11) is 0. The van der Waals surface area contributed by atoms with E-state index in [1.54, 1.807) is 0 Å². The van der Waals surface area contributed by atoms with Crippen LogP contribution >= 0.6 is 0 Å². The Morgan fingerprint density at radius 1 is 1.33 bits per heavy atom. The average Bonchev–Trinajstić information content (AvgIpc) is 2.12. The van der Waals surface area contributed by atoms with Crippen molar-refractivity contribution in [3.05, 3.63) is 23.8 Å². The summed E-state index contributed by atoms with van der Waals surface area (Å²) in [5, 5.41) is 0. The third-order valence-electron chi connectivity index (χ3n) is 2.29. The van der Waals surface area contributed by atoms with E-state index in [0.717, 1.165) is 12.1 Å². The highest BCUT2D eigenvalue weighted by atomic mass is 19.1. The van der Waals surface area contributed by atoms with Crippen LogP contribution in [-0.4, -0.2) is 19.0 Å². The quantitative estimate of drug-likeness (QED) is 0.785. The van der Waals surface area contributed by atoms with Crippen LogP contribution in [-0.2, 0) is 4.79 Å². The van der Waals surface area contributed by atoms with E-state index >= 15 is 0 Å². The normalized spacial score (nSPS) is 10.7. The van der Waals surface area contributed by atoms with Crippen molar-refractivity contribution in [2.75, 3.05) is 23.7 Å². The van der Waals surface area contributed by atoms with Gasteiger partial charge >= 0.3 is 0 Å². The molecule has 0 fully saturated rings. The Morgan fingerprint density at radius 3 is 2.22 bits per heavy atom. The molecule has 6 heteroatoms. The van der Waals surface area contributed by atoms with Crippen LogP contribution in [0.25, 0.3) is 0 Å². The molecular weight excluding hydrogens is 240 g/mol. The highest BCUT2D eigenvalue weighted by molar-refractivity contribution is 5.79. The number of hydrogen-bond donors (Lipinski definition) is 2. The van der Waals surface area contributed by atoms with E-state index in [1.165, 1.54) is 4.90 Å². The van der Waals surface area contributed by atoms with Gasteiger partial charge in [-0.05, 0) is 18.1 Å². The van der Waals surface area contributed by atoms with Gasteiger partial charge in [0.15, 0.2) is 11.6 Å². The Hall–Kier alpha value is -1.85. The maximum absolute atomic E-state index is 13.7. The number of halogens is 2. The van der Waals surface area contributed by atoms with E-state index in [-0.39, 0.29) is 23.8 Å². The summed E-state index contributed by atoms with van der Waals surface area (Å²) in [4.78, 5) is 12.3. The zero-order valence-electron chi connectivity index (χ0n) is 10.4. The topological polar surface area (TPSA) is 72.3 Å². The number of amides is 1. The summed E-state index contributed by atoms with van der Waals surface area (Å²) < 4.78 is 27.5. The first kappa shape index (κ1) is 14.2. The molecule has 1 aromatic rings. The molecule has 0 unspecified atom stereocenters. The number of nitrogen functional groups attached to an aromatic ring is 1. The van der Waals surface area contributed by atoms with Crippen LogP contribution in [0.15, 0.2) is 12.1 Å². The predicted octanol–water partition coefficient (Wildman–Crippen LogP) is 1.49. The standard InChI is InChI=1S/C12H17F2N3O/c1-7(2)5-17(6-11(16)18)12-9(13)3-8(15)4-10(12)14/h3-4,7H,5-6,15H2,1-2H3,(H2,16,18). The SMILES string of the molecule is CC(C)CN(CC(N)=O)c1c(F)cc(N)cc1F. The summed E-state index contributed by atoms with van der Waals surface area (Å²) in [5.41, 5.74) is 10.2. The molecule has 18 heavy (non-hydrogen) atoms. The van der Waals surface area contributed by atoms with Gasteiger partial charge in [0.1, 0.15) is 5.69 Å². The van der Waals surface area contributed by atoms with Gasteiger partial charge in [-0.15, -0.1) is 0 Å². The van der Waals surface area contributed by atoms with E-state index in [4.69, 9.17) is 11.5 Å². The molecule has 0 aliphatic carbocycles. The fraction of sp³-hybridized carbons (Fsp3) is 0.417. The minimum Gasteiger partial charge on any atom is -0.399 e. The molecule has 0 aliphatic heterocycles. The lowest BCUT2D eigenvalue weighted by atomic mass is 10.1. The molecule has 0 aromatic heterocycles. The maximum Gasteiger partial charge on any atom is 0.236 e. The van der Waals surface area contributed by atoms with Crippen molar-refractivity contribution >= 4 is 17.3 Å². The highest BCUT2D eigenvalue weighted by Crippen LogP contribution is 2.26. The molecule has 0 spiro atoms. The van der Waals surface area contributed by atoms with Gasteiger partial charge in [0.2, 0.25) is 5.91 Å². The van der Waals surface area contributed by atoms with Gasteiger partial charge in [0, 0.05) is 12.2 Å². The molecule has 0 saturated carbocycles. The summed E-state index contributed by atoms with van der Waals surface area (Å²) >= 11 is 0. The fourth-order valence-electron chi connectivity index (χ4n) is 1.75. The van der Waals surface area contributed by atoms with Crippen molar-refractivity contribution in [2.45, 2.75) is 13.8 Å². The first-order chi connectivity index (χ1) is 8.31. The average molecular weight is 257 g/mol. The largest absolute Gasteiger partial charge is 0.399 e. The number of nitrogens with zero attached hydrogens (tertiary/aromatic N) is 1. The Labute approximate surface area is 105 Å². The lowest BCUT2D eigenvalue weighted by Crippen LogP contribution is -2.37. The summed E-state index contributed by atoms with van der Waals surface area (Å²) in [6.07, 6.45) is 0. The number of carbonyl (C=O) groups excluding carboxylic acids is 1. The van der Waals surface area contributed by atoms with Crippen molar-refractivity contribution in [3.8, 4) is 0 Å². The molecule has 0 heterocycles. The molecule has 0 radical (unpaired) electrons. The molecule has 1 rings (SSSR count). The van der Waals surface area contributed by atoms with Crippen molar-refractivity contribution in [1.29, 1.82) is 0 Å². The Bertz CT molecular complexity index is 426. The van der Waals surface area contributed by atoms with Gasteiger partial charge < -0.3 is 16.4 Å². The Morgan fingerprint density at radius 2 is 1.83 bits per heavy atom. The molecule has 4 nitrogen and oxygen atoms in total. The van der Waals surface area contributed by atoms with Crippen molar-refractivity contribution in [2.24, 2.45) is 11.7 Å². The number of primary amides is 1. The Balaban J connectivity index is 3.15. The van der Waals surface area contributed by atoms with Crippen LogP contribution < -0.4 is 16.4 Å². The number of anilines is 2. The van der Waals surface area contributed by atoms with Gasteiger partial charge in [-0.25, -0.2) is 8.78 Å². The zero-order chi connectivity index (χ0) is 13.9. The van der Waals surface area contributed by atoms with Gasteiger partial charge in [-0.1, -0.05) is 13.8 Å². The lowest BCUT2D eigenvalue weighted by Gasteiger charge is -2.26. The number of rotatable bonds is 5. The first-order valence-electron chi connectivity index (χ1n) is 5.59. The van der Waals surface area contributed by atoms with Crippen LogP contribution in [0.5, 0.6) is 0 Å². The third kappa shape index (κ3) is 3.58. The number of nitrogens with two attached hydrogens (primary N) is 2. The maximum atomic E-state index is 13.7. The highest BCUT2D eigenvalue weighted by Gasteiger charge is 2.20. The summed E-state index contributed by atoms with van der Waals surface area (Å²) in [5.74, 6) is -2.12. The fourth-order valence-corrected chi connectivity index (χ4v) is 1.75. The van der Waals surface area contributed by atoms with Crippen molar-refractivity contribution < 1.29 is 13.6 Å². The third-order valence-corrected chi connectivity index (χ3v) is 2.29. The molecule has 4 N–H and O–H groups in total. The van der Waals surface area contributed by atoms with E-state index in [2.05, 4.69) is 0 Å². The Kier molecular flexibility index (Phi) is 4.47. The second kappa shape index (κ2) is 5.66. The monoisotopic (exact) mass is 257 g/mol. The minimum atomic E-state index is -0.797. The number of carbonyl (C=O) groups is 1. The van der Waals surface area contributed by atoms with E-state index in [0.29, 0.717) is 6.54 Å². The summed E-state index contributed by atoms with van der Waals surface area (Å²) in [6.45, 7) is 3.83. The van der Waals surface area contributed by atoms with Gasteiger partial charge in [-0.3, -0.25) is 4.79 Å². The second-order valence-electron chi connectivity index (χ2n) is 4.57. The van der Waals surface area contributed by atoms with Gasteiger partial charge in [0.25, 0.3) is 0 Å². The van der Waals surface area contributed by atoms with E-state index in [9.17, 15) is 13.6 Å². The second-order valence-corrected chi connectivity index (χ2v) is 4.57. The molecule has 0 bridgehead atoms. The van der Waals surface area contributed by atoms with E-state index < -0.39 is 17.5 Å². The van der Waals surface area contributed by atoms with Gasteiger partial charge in [-0.2, -0.15) is 0 Å². The zero-order valence-corrected chi connectivity index (χ0v) is 10.4. The predicted molar refractivity (Wildman–Crippen MR) is 67.0 cm³/mol. The van der Waals surface area contributed by atoms with Crippen molar-refractivity contribution in [3.63, 3.8) is 0 Å². The van der Waals surface area contributed by atoms with Crippen LogP contribution in [0, 0.1) is 17.6 Å². The minimum absolute atomic E-state index is 0.00248. The molecule has 1 aromatic carbocycles. The number of benzene rings is 1. The number of hydrogen-bond acceptors (Lipinski definition) is 3. The molecule has 0 aliphatic rings.